The summed E-state index contributed by atoms with van der Waals surface area (Å²) >= 11 is 11.6. The number of aromatic nitrogens is 2. The molecule has 3 N–H and O–H groups in total. The fourth-order valence-corrected chi connectivity index (χ4v) is 1.79. The van der Waals surface area contributed by atoms with Crippen molar-refractivity contribution in [2.75, 3.05) is 11.1 Å². The second-order valence-corrected chi connectivity index (χ2v) is 4.47. The summed E-state index contributed by atoms with van der Waals surface area (Å²) in [5.41, 5.74) is 6.80. The lowest BCUT2D eigenvalue weighted by Crippen LogP contribution is -2.17. The van der Waals surface area contributed by atoms with Crippen molar-refractivity contribution in [1.29, 1.82) is 0 Å². The molecule has 0 spiro atoms. The standard InChI is InChI=1S/C11H10Cl2N4O/c1-17-10(9(14)5-15-17)11(18)16-6-2-3-7(12)8(13)4-6/h2-5H,14H2,1H3,(H,16,18). The van der Waals surface area contributed by atoms with E-state index in [-0.39, 0.29) is 5.91 Å². The normalized spacial score (nSPS) is 10.4. The maximum atomic E-state index is 12.0. The van der Waals surface area contributed by atoms with E-state index in [1.807, 2.05) is 0 Å². The number of aryl methyl sites for hydroxylation is 1. The van der Waals surface area contributed by atoms with Crippen molar-refractivity contribution in [2.24, 2.45) is 7.05 Å². The van der Waals surface area contributed by atoms with E-state index in [0.717, 1.165) is 0 Å². The van der Waals surface area contributed by atoms with Crippen LogP contribution >= 0.6 is 23.2 Å². The van der Waals surface area contributed by atoms with Crippen LogP contribution in [0, 0.1) is 0 Å². The van der Waals surface area contributed by atoms with Gasteiger partial charge in [-0.3, -0.25) is 9.48 Å². The molecule has 0 aliphatic carbocycles. The van der Waals surface area contributed by atoms with Gasteiger partial charge in [0.15, 0.2) is 0 Å². The molecule has 0 aliphatic rings. The number of hydrogen-bond donors (Lipinski definition) is 2. The first-order chi connectivity index (χ1) is 8.49. The maximum absolute atomic E-state index is 12.0. The molecule has 0 saturated carbocycles. The Morgan fingerprint density at radius 2 is 2.11 bits per heavy atom. The van der Waals surface area contributed by atoms with Gasteiger partial charge in [-0.15, -0.1) is 0 Å². The molecule has 0 atom stereocenters. The summed E-state index contributed by atoms with van der Waals surface area (Å²) in [7, 11) is 1.64. The lowest BCUT2D eigenvalue weighted by Gasteiger charge is -2.07. The molecular formula is C11H10Cl2N4O. The number of nitrogens with one attached hydrogen (secondary N) is 1. The van der Waals surface area contributed by atoms with Gasteiger partial charge in [0.05, 0.1) is 21.9 Å². The van der Waals surface area contributed by atoms with Crippen molar-refractivity contribution in [2.45, 2.75) is 0 Å². The van der Waals surface area contributed by atoms with Gasteiger partial charge >= 0.3 is 0 Å². The summed E-state index contributed by atoms with van der Waals surface area (Å²) in [6, 6.07) is 4.82. The second kappa shape index (κ2) is 4.88. The molecule has 1 aromatic heterocycles. The number of carbonyl (C=O) groups is 1. The number of nitrogens with two attached hydrogens (primary N) is 1. The number of nitrogens with zero attached hydrogens (tertiary/aromatic N) is 2. The fraction of sp³-hybridized carbons (Fsp3) is 0.0909. The third-order valence-corrected chi connectivity index (χ3v) is 3.10. The van der Waals surface area contributed by atoms with Crippen LogP contribution in [0.2, 0.25) is 10.0 Å². The highest BCUT2D eigenvalue weighted by Crippen LogP contribution is 2.25. The Hall–Kier alpha value is -1.72. The Kier molecular flexibility index (Phi) is 3.45. The molecule has 2 aromatic rings. The molecule has 1 aromatic carbocycles. The molecule has 2 rings (SSSR count). The zero-order valence-corrected chi connectivity index (χ0v) is 11.0. The van der Waals surface area contributed by atoms with Crippen molar-refractivity contribution in [3.05, 3.63) is 40.1 Å². The Balaban J connectivity index is 2.24. The predicted molar refractivity (Wildman–Crippen MR) is 72.0 cm³/mol. The Bertz CT molecular complexity index is 590. The minimum absolute atomic E-state index is 0.293. The molecule has 94 valence electrons. The molecule has 5 nitrogen and oxygen atoms in total. The molecule has 0 bridgehead atoms. The molecule has 1 amide bonds. The van der Waals surface area contributed by atoms with Gasteiger partial charge in [-0.25, -0.2) is 0 Å². The molecule has 0 fully saturated rings. The van der Waals surface area contributed by atoms with E-state index < -0.39 is 0 Å². The number of rotatable bonds is 2. The minimum Gasteiger partial charge on any atom is -0.396 e. The van der Waals surface area contributed by atoms with Crippen LogP contribution < -0.4 is 11.1 Å². The first kappa shape index (κ1) is 12.7. The number of halogens is 2. The number of hydrogen-bond acceptors (Lipinski definition) is 3. The van der Waals surface area contributed by atoms with Crippen molar-refractivity contribution in [3.63, 3.8) is 0 Å². The van der Waals surface area contributed by atoms with Crippen LogP contribution in [0.3, 0.4) is 0 Å². The zero-order valence-electron chi connectivity index (χ0n) is 9.45. The Labute approximate surface area is 113 Å². The molecule has 0 aliphatic heterocycles. The predicted octanol–water partition coefficient (Wildman–Crippen LogP) is 2.56. The zero-order chi connectivity index (χ0) is 13.3. The van der Waals surface area contributed by atoms with Gasteiger partial charge in [0, 0.05) is 12.7 Å². The van der Waals surface area contributed by atoms with Gasteiger partial charge in [0.25, 0.3) is 5.91 Å². The minimum atomic E-state index is -0.356. The van der Waals surface area contributed by atoms with Crippen LogP contribution in [0.25, 0.3) is 0 Å². The molecule has 1 heterocycles. The smallest absolute Gasteiger partial charge is 0.276 e. The summed E-state index contributed by atoms with van der Waals surface area (Å²) in [4.78, 5) is 12.0. The lowest BCUT2D eigenvalue weighted by molar-refractivity contribution is 0.101. The third kappa shape index (κ3) is 2.42. The van der Waals surface area contributed by atoms with Gasteiger partial charge in [-0.1, -0.05) is 23.2 Å². The highest BCUT2D eigenvalue weighted by Gasteiger charge is 2.15. The topological polar surface area (TPSA) is 72.9 Å². The van der Waals surface area contributed by atoms with Crippen LogP contribution in [0.15, 0.2) is 24.4 Å². The van der Waals surface area contributed by atoms with Crippen LogP contribution in [-0.2, 0) is 7.05 Å². The van der Waals surface area contributed by atoms with E-state index in [9.17, 15) is 4.79 Å². The number of benzene rings is 1. The summed E-state index contributed by atoms with van der Waals surface area (Å²) in [5, 5.41) is 7.36. The molecule has 18 heavy (non-hydrogen) atoms. The van der Waals surface area contributed by atoms with Gasteiger partial charge in [-0.2, -0.15) is 5.10 Å². The van der Waals surface area contributed by atoms with E-state index in [4.69, 9.17) is 28.9 Å². The molecule has 0 radical (unpaired) electrons. The molecule has 7 heteroatoms. The first-order valence-corrected chi connectivity index (χ1v) is 5.78. The van der Waals surface area contributed by atoms with E-state index in [1.165, 1.54) is 10.9 Å². The van der Waals surface area contributed by atoms with Crippen molar-refractivity contribution in [3.8, 4) is 0 Å². The number of amides is 1. The van der Waals surface area contributed by atoms with Gasteiger partial charge in [-0.05, 0) is 18.2 Å². The fourth-order valence-electron chi connectivity index (χ4n) is 1.50. The second-order valence-electron chi connectivity index (χ2n) is 3.66. The summed E-state index contributed by atoms with van der Waals surface area (Å²) < 4.78 is 1.40. The van der Waals surface area contributed by atoms with Crippen molar-refractivity contribution < 1.29 is 4.79 Å². The van der Waals surface area contributed by atoms with Crippen LogP contribution in [0.5, 0.6) is 0 Å². The average Bonchev–Trinajstić information content (AvgIpc) is 2.64. The lowest BCUT2D eigenvalue weighted by atomic mass is 10.3. The first-order valence-electron chi connectivity index (χ1n) is 5.03. The van der Waals surface area contributed by atoms with Crippen LogP contribution in [0.1, 0.15) is 10.5 Å². The van der Waals surface area contributed by atoms with Gasteiger partial charge in [0.2, 0.25) is 0 Å². The molecular weight excluding hydrogens is 275 g/mol. The Morgan fingerprint density at radius 3 is 2.67 bits per heavy atom. The summed E-state index contributed by atoms with van der Waals surface area (Å²) in [5.74, 6) is -0.356. The highest BCUT2D eigenvalue weighted by atomic mass is 35.5. The van der Waals surface area contributed by atoms with E-state index >= 15 is 0 Å². The number of anilines is 2. The quantitative estimate of drug-likeness (QED) is 0.890. The van der Waals surface area contributed by atoms with Crippen molar-refractivity contribution >= 4 is 40.5 Å². The largest absolute Gasteiger partial charge is 0.396 e. The maximum Gasteiger partial charge on any atom is 0.276 e. The van der Waals surface area contributed by atoms with E-state index in [0.29, 0.717) is 27.1 Å². The average molecular weight is 285 g/mol. The summed E-state index contributed by atoms with van der Waals surface area (Å²) in [6.45, 7) is 0. The SMILES string of the molecule is Cn1ncc(N)c1C(=O)Nc1ccc(Cl)c(Cl)c1. The molecule has 0 saturated heterocycles. The van der Waals surface area contributed by atoms with Crippen LogP contribution in [-0.4, -0.2) is 15.7 Å². The third-order valence-electron chi connectivity index (χ3n) is 2.36. The Morgan fingerprint density at radius 1 is 1.39 bits per heavy atom. The van der Waals surface area contributed by atoms with Crippen molar-refractivity contribution in [1.82, 2.24) is 9.78 Å². The molecule has 0 unspecified atom stereocenters. The number of carbonyl (C=O) groups excluding carboxylic acids is 1. The van der Waals surface area contributed by atoms with Crippen LogP contribution in [0.4, 0.5) is 11.4 Å². The summed E-state index contributed by atoms with van der Waals surface area (Å²) in [6.07, 6.45) is 1.42. The van der Waals surface area contributed by atoms with Gasteiger partial charge < -0.3 is 11.1 Å². The highest BCUT2D eigenvalue weighted by molar-refractivity contribution is 6.42. The van der Waals surface area contributed by atoms with E-state index in [1.54, 1.807) is 25.2 Å². The van der Waals surface area contributed by atoms with E-state index in [2.05, 4.69) is 10.4 Å². The number of nitrogen functional groups attached to an aromatic ring is 1. The monoisotopic (exact) mass is 284 g/mol. The van der Waals surface area contributed by atoms with Gasteiger partial charge in [0.1, 0.15) is 5.69 Å².